The first-order valence-electron chi connectivity index (χ1n) is 6.24. The maximum atomic E-state index is 4.24. The predicted octanol–water partition coefficient (Wildman–Crippen LogP) is 2.34. The molecule has 1 saturated heterocycles. The molecule has 0 radical (unpaired) electrons. The molecule has 1 aromatic heterocycles. The molecule has 88 valence electrons. The van der Waals surface area contributed by atoms with Crippen molar-refractivity contribution in [2.45, 2.75) is 18.8 Å². The third kappa shape index (κ3) is 2.24. The summed E-state index contributed by atoms with van der Waals surface area (Å²) in [6.45, 7) is 2.29. The maximum absolute atomic E-state index is 4.24. The third-order valence-electron chi connectivity index (χ3n) is 3.47. The van der Waals surface area contributed by atoms with E-state index in [2.05, 4.69) is 34.7 Å². The van der Waals surface area contributed by atoms with Crippen molar-refractivity contribution in [1.29, 1.82) is 0 Å². The molecule has 3 nitrogen and oxygen atoms in total. The van der Waals surface area contributed by atoms with Gasteiger partial charge in [0, 0.05) is 12.4 Å². The van der Waals surface area contributed by atoms with Crippen molar-refractivity contribution in [3.8, 4) is 5.69 Å². The third-order valence-corrected chi connectivity index (χ3v) is 3.47. The molecule has 0 atom stereocenters. The Hall–Kier alpha value is -1.61. The largest absolute Gasteiger partial charge is 0.317 e. The van der Waals surface area contributed by atoms with Crippen LogP contribution in [-0.2, 0) is 0 Å². The SMILES string of the molecule is c1cnn(-c2ccc(C3CCNCC3)cc2)c1. The smallest absolute Gasteiger partial charge is 0.0645 e. The highest BCUT2D eigenvalue weighted by atomic mass is 15.3. The summed E-state index contributed by atoms with van der Waals surface area (Å²) in [5.74, 6) is 0.725. The van der Waals surface area contributed by atoms with Gasteiger partial charge in [-0.05, 0) is 55.6 Å². The Bertz CT molecular complexity index is 453. The topological polar surface area (TPSA) is 29.9 Å². The Balaban J connectivity index is 1.80. The summed E-state index contributed by atoms with van der Waals surface area (Å²) in [4.78, 5) is 0. The lowest BCUT2D eigenvalue weighted by Gasteiger charge is -2.23. The highest BCUT2D eigenvalue weighted by molar-refractivity contribution is 5.35. The Kier molecular flexibility index (Phi) is 2.92. The average Bonchev–Trinajstić information content (AvgIpc) is 2.94. The number of rotatable bonds is 2. The molecule has 0 aliphatic carbocycles. The van der Waals surface area contributed by atoms with Crippen molar-refractivity contribution in [3.05, 3.63) is 48.3 Å². The predicted molar refractivity (Wildman–Crippen MR) is 68.4 cm³/mol. The van der Waals surface area contributed by atoms with Crippen molar-refractivity contribution >= 4 is 0 Å². The molecule has 0 bridgehead atoms. The van der Waals surface area contributed by atoms with Crippen molar-refractivity contribution in [1.82, 2.24) is 15.1 Å². The molecule has 0 amide bonds. The summed E-state index contributed by atoms with van der Waals surface area (Å²) in [5.41, 5.74) is 2.59. The van der Waals surface area contributed by atoms with Gasteiger partial charge in [-0.2, -0.15) is 5.10 Å². The van der Waals surface area contributed by atoms with Gasteiger partial charge in [-0.3, -0.25) is 0 Å². The molecular weight excluding hydrogens is 210 g/mol. The highest BCUT2D eigenvalue weighted by Gasteiger charge is 2.14. The van der Waals surface area contributed by atoms with Gasteiger partial charge in [-0.15, -0.1) is 0 Å². The number of nitrogens with zero attached hydrogens (tertiary/aromatic N) is 2. The zero-order valence-electron chi connectivity index (χ0n) is 9.84. The number of benzene rings is 1. The van der Waals surface area contributed by atoms with E-state index in [0.29, 0.717) is 0 Å². The Morgan fingerprint density at radius 1 is 1.12 bits per heavy atom. The average molecular weight is 227 g/mol. The first-order valence-corrected chi connectivity index (χ1v) is 6.24. The van der Waals surface area contributed by atoms with Crippen LogP contribution in [-0.4, -0.2) is 22.9 Å². The van der Waals surface area contributed by atoms with Crippen LogP contribution in [0.25, 0.3) is 5.69 Å². The van der Waals surface area contributed by atoms with Gasteiger partial charge in [-0.25, -0.2) is 4.68 Å². The second kappa shape index (κ2) is 4.72. The zero-order valence-corrected chi connectivity index (χ0v) is 9.84. The lowest BCUT2D eigenvalue weighted by atomic mass is 9.90. The second-order valence-electron chi connectivity index (χ2n) is 4.57. The van der Waals surface area contributed by atoms with E-state index in [-0.39, 0.29) is 0 Å². The molecule has 0 saturated carbocycles. The van der Waals surface area contributed by atoms with E-state index in [9.17, 15) is 0 Å². The molecule has 17 heavy (non-hydrogen) atoms. The maximum Gasteiger partial charge on any atom is 0.0645 e. The van der Waals surface area contributed by atoms with Crippen molar-refractivity contribution in [3.63, 3.8) is 0 Å². The van der Waals surface area contributed by atoms with Crippen LogP contribution in [0.5, 0.6) is 0 Å². The summed E-state index contributed by atoms with van der Waals surface area (Å²) in [6.07, 6.45) is 6.28. The molecule has 1 aliphatic rings. The molecule has 1 aliphatic heterocycles. The zero-order chi connectivity index (χ0) is 11.5. The van der Waals surface area contributed by atoms with E-state index in [1.54, 1.807) is 6.20 Å². The molecule has 2 heterocycles. The van der Waals surface area contributed by atoms with Crippen LogP contribution in [0.15, 0.2) is 42.7 Å². The lowest BCUT2D eigenvalue weighted by Crippen LogP contribution is -2.26. The van der Waals surface area contributed by atoms with Crippen LogP contribution < -0.4 is 5.32 Å². The van der Waals surface area contributed by atoms with E-state index in [0.717, 1.165) is 24.7 Å². The quantitative estimate of drug-likeness (QED) is 0.853. The molecular formula is C14H17N3. The van der Waals surface area contributed by atoms with E-state index in [1.165, 1.54) is 18.4 Å². The van der Waals surface area contributed by atoms with Crippen LogP contribution in [0.1, 0.15) is 24.3 Å². The van der Waals surface area contributed by atoms with Gasteiger partial charge >= 0.3 is 0 Å². The molecule has 3 rings (SSSR count). The Morgan fingerprint density at radius 2 is 1.88 bits per heavy atom. The van der Waals surface area contributed by atoms with Crippen molar-refractivity contribution in [2.24, 2.45) is 0 Å². The van der Waals surface area contributed by atoms with Crippen molar-refractivity contribution in [2.75, 3.05) is 13.1 Å². The normalized spacial score (nSPS) is 17.2. The summed E-state index contributed by atoms with van der Waals surface area (Å²) < 4.78 is 1.90. The van der Waals surface area contributed by atoms with Crippen LogP contribution in [0.2, 0.25) is 0 Å². The minimum absolute atomic E-state index is 0.725. The van der Waals surface area contributed by atoms with Gasteiger partial charge in [0.05, 0.1) is 5.69 Å². The van der Waals surface area contributed by atoms with Crippen LogP contribution in [0, 0.1) is 0 Å². The molecule has 0 spiro atoms. The van der Waals surface area contributed by atoms with Gasteiger partial charge in [0.1, 0.15) is 0 Å². The summed E-state index contributed by atoms with van der Waals surface area (Å²) in [5, 5.41) is 7.64. The van der Waals surface area contributed by atoms with Gasteiger partial charge in [-0.1, -0.05) is 12.1 Å². The summed E-state index contributed by atoms with van der Waals surface area (Å²) >= 11 is 0. The van der Waals surface area contributed by atoms with E-state index < -0.39 is 0 Å². The van der Waals surface area contributed by atoms with Gasteiger partial charge < -0.3 is 5.32 Å². The highest BCUT2D eigenvalue weighted by Crippen LogP contribution is 2.25. The fraction of sp³-hybridized carbons (Fsp3) is 0.357. The summed E-state index contributed by atoms with van der Waals surface area (Å²) in [7, 11) is 0. The van der Waals surface area contributed by atoms with Crippen LogP contribution in [0.3, 0.4) is 0 Å². The lowest BCUT2D eigenvalue weighted by molar-refractivity contribution is 0.460. The van der Waals surface area contributed by atoms with Crippen LogP contribution >= 0.6 is 0 Å². The molecule has 1 fully saturated rings. The molecule has 3 heteroatoms. The summed E-state index contributed by atoms with van der Waals surface area (Å²) in [6, 6.07) is 10.7. The van der Waals surface area contributed by atoms with Gasteiger partial charge in [0.2, 0.25) is 0 Å². The first kappa shape index (κ1) is 10.5. The van der Waals surface area contributed by atoms with Crippen LogP contribution in [0.4, 0.5) is 0 Å². The monoisotopic (exact) mass is 227 g/mol. The van der Waals surface area contributed by atoms with Gasteiger partial charge in [0.15, 0.2) is 0 Å². The van der Waals surface area contributed by atoms with Crippen molar-refractivity contribution < 1.29 is 0 Å². The minimum Gasteiger partial charge on any atom is -0.317 e. The standard InChI is InChI=1S/C14H17N3/c1-8-16-17(11-1)14-4-2-12(3-5-14)13-6-9-15-10-7-13/h1-5,8,11,13,15H,6-7,9-10H2. The fourth-order valence-electron chi connectivity index (χ4n) is 2.48. The van der Waals surface area contributed by atoms with E-state index in [4.69, 9.17) is 0 Å². The Morgan fingerprint density at radius 3 is 2.53 bits per heavy atom. The molecule has 1 N–H and O–H groups in total. The van der Waals surface area contributed by atoms with E-state index in [1.807, 2.05) is 16.9 Å². The van der Waals surface area contributed by atoms with Gasteiger partial charge in [0.25, 0.3) is 0 Å². The number of piperidine rings is 1. The molecule has 2 aromatic rings. The fourth-order valence-corrected chi connectivity index (χ4v) is 2.48. The second-order valence-corrected chi connectivity index (χ2v) is 4.57. The van der Waals surface area contributed by atoms with E-state index >= 15 is 0 Å². The molecule has 1 aromatic carbocycles. The number of nitrogens with one attached hydrogen (secondary N) is 1. The first-order chi connectivity index (χ1) is 8.43. The number of hydrogen-bond donors (Lipinski definition) is 1. The Labute approximate surface area is 101 Å². The number of aromatic nitrogens is 2. The minimum atomic E-state index is 0.725. The number of hydrogen-bond acceptors (Lipinski definition) is 2. The molecule has 0 unspecified atom stereocenters.